The van der Waals surface area contributed by atoms with E-state index in [-0.39, 0.29) is 19.1 Å². The van der Waals surface area contributed by atoms with Crippen molar-refractivity contribution in [2.75, 3.05) is 40.9 Å². The van der Waals surface area contributed by atoms with Crippen molar-refractivity contribution >= 4 is 13.7 Å². The monoisotopic (exact) mass is 956 g/mol. The van der Waals surface area contributed by atoms with Gasteiger partial charge in [0.25, 0.3) is 0 Å². The molecule has 0 rings (SSSR count). The average molecular weight is 957 g/mol. The van der Waals surface area contributed by atoms with Crippen LogP contribution in [0.5, 0.6) is 0 Å². The van der Waals surface area contributed by atoms with Crippen LogP contribution in [-0.2, 0) is 18.4 Å². The Hall–Kier alpha value is -0.760. The number of amides is 1. The van der Waals surface area contributed by atoms with Gasteiger partial charge < -0.3 is 19.8 Å². The number of carbonyl (C=O) groups excluding carboxylic acids is 1. The summed E-state index contributed by atoms with van der Waals surface area (Å²) in [6.45, 7) is 4.87. The number of aliphatic hydroxyl groups excluding tert-OH is 1. The van der Waals surface area contributed by atoms with Crippen LogP contribution in [-0.4, -0.2) is 73.4 Å². The van der Waals surface area contributed by atoms with Crippen LogP contribution >= 0.6 is 7.82 Å². The van der Waals surface area contributed by atoms with Crippen LogP contribution in [0.4, 0.5) is 0 Å². The number of phosphoric acid groups is 1. The molecule has 0 radical (unpaired) electrons. The molecule has 1 amide bonds. The highest BCUT2D eigenvalue weighted by atomic mass is 31.2. The van der Waals surface area contributed by atoms with Crippen LogP contribution in [0, 0.1) is 0 Å². The molecule has 0 aromatic heterocycles. The normalized spacial score (nSPS) is 14.0. The molecule has 0 fully saturated rings. The molecule has 66 heavy (non-hydrogen) atoms. The Morgan fingerprint density at radius 1 is 0.500 bits per heavy atom. The zero-order valence-corrected chi connectivity index (χ0v) is 45.9. The lowest BCUT2D eigenvalue weighted by Crippen LogP contribution is -2.45. The molecule has 0 heterocycles. The Balaban J connectivity index is 4.14. The number of hydrogen-bond donors (Lipinski definition) is 3. The first-order valence-corrected chi connectivity index (χ1v) is 30.6. The first-order chi connectivity index (χ1) is 32.0. The van der Waals surface area contributed by atoms with Crippen molar-refractivity contribution < 1.29 is 32.9 Å². The second-order valence-electron chi connectivity index (χ2n) is 21.4. The Bertz CT molecular complexity index is 1080. The summed E-state index contributed by atoms with van der Waals surface area (Å²) in [6, 6.07) is -0.842. The van der Waals surface area contributed by atoms with Crippen molar-refractivity contribution in [2.45, 2.75) is 309 Å². The van der Waals surface area contributed by atoms with Crippen LogP contribution in [0.3, 0.4) is 0 Å². The summed E-state index contributed by atoms with van der Waals surface area (Å²) in [5.41, 5.74) is 0. The maximum atomic E-state index is 13.0. The summed E-state index contributed by atoms with van der Waals surface area (Å²) in [7, 11) is 1.59. The summed E-state index contributed by atoms with van der Waals surface area (Å²) < 4.78 is 23.7. The van der Waals surface area contributed by atoms with Gasteiger partial charge in [-0.3, -0.25) is 13.8 Å². The average Bonchev–Trinajstić information content (AvgIpc) is 3.28. The fourth-order valence-electron chi connectivity index (χ4n) is 8.93. The van der Waals surface area contributed by atoms with E-state index in [9.17, 15) is 19.4 Å². The highest BCUT2D eigenvalue weighted by Crippen LogP contribution is 2.43. The first-order valence-electron chi connectivity index (χ1n) is 29.1. The van der Waals surface area contributed by atoms with Crippen molar-refractivity contribution in [3.05, 3.63) is 12.2 Å². The number of quaternary nitrogens is 1. The van der Waals surface area contributed by atoms with Crippen molar-refractivity contribution in [1.29, 1.82) is 0 Å². The van der Waals surface area contributed by atoms with Gasteiger partial charge >= 0.3 is 7.82 Å². The van der Waals surface area contributed by atoms with E-state index in [0.29, 0.717) is 17.4 Å². The van der Waals surface area contributed by atoms with Gasteiger partial charge in [-0.15, -0.1) is 0 Å². The molecule has 0 bridgehead atoms. The Morgan fingerprint density at radius 2 is 0.803 bits per heavy atom. The van der Waals surface area contributed by atoms with E-state index in [2.05, 4.69) is 19.2 Å². The molecule has 0 spiro atoms. The second-order valence-corrected chi connectivity index (χ2v) is 22.8. The van der Waals surface area contributed by atoms with Crippen molar-refractivity contribution in [3.8, 4) is 0 Å². The van der Waals surface area contributed by atoms with Crippen molar-refractivity contribution in [3.63, 3.8) is 0 Å². The lowest BCUT2D eigenvalue weighted by atomic mass is 10.0. The fourth-order valence-corrected chi connectivity index (χ4v) is 9.66. The van der Waals surface area contributed by atoms with Crippen LogP contribution in [0.1, 0.15) is 296 Å². The molecule has 394 valence electrons. The molecule has 3 atom stereocenters. The summed E-state index contributed by atoms with van der Waals surface area (Å²) >= 11 is 0. The molecular weight excluding hydrogens is 840 g/mol. The first kappa shape index (κ1) is 65.2. The van der Waals surface area contributed by atoms with Crippen LogP contribution in [0.25, 0.3) is 0 Å². The summed E-state index contributed by atoms with van der Waals surface area (Å²) in [5.74, 6) is -0.170. The summed E-state index contributed by atoms with van der Waals surface area (Å²) in [6.07, 6.45) is 60.3. The van der Waals surface area contributed by atoms with E-state index >= 15 is 0 Å². The lowest BCUT2D eigenvalue weighted by Gasteiger charge is -2.25. The van der Waals surface area contributed by atoms with Gasteiger partial charge in [0.15, 0.2) is 0 Å². The molecule has 0 aliphatic rings. The standard InChI is InChI=1S/C57H115N2O6P/c1-6-8-10-12-14-16-18-20-22-24-25-26-27-28-29-30-31-32-33-35-36-38-40-42-44-46-48-50-56(60)55(54-65-66(62,63)64-53-52-59(3,4)5)58-57(61)51-49-47-45-43-41-39-37-34-23-21-19-17-15-13-11-9-7-2/h48,50,55-56,60H,6-47,49,51-54H2,1-5H3,(H-,58,61,62,63)/p+1/b50-48+. The predicted octanol–water partition coefficient (Wildman–Crippen LogP) is 17.4. The van der Waals surface area contributed by atoms with E-state index in [1.54, 1.807) is 6.08 Å². The van der Waals surface area contributed by atoms with E-state index in [1.165, 1.54) is 244 Å². The van der Waals surface area contributed by atoms with Gasteiger partial charge in [0.2, 0.25) is 5.91 Å². The SMILES string of the molecule is CCCCCCCCCCCCCCCCCCCCCCCCCCC/C=C/C(O)C(COP(=O)(O)OCC[N+](C)(C)C)NC(=O)CCCCCCCCCCCCCCCCCCC. The zero-order chi connectivity index (χ0) is 48.5. The van der Waals surface area contributed by atoms with Crippen LogP contribution in [0.15, 0.2) is 12.2 Å². The number of hydrogen-bond acceptors (Lipinski definition) is 5. The summed E-state index contributed by atoms with van der Waals surface area (Å²) in [5, 5.41) is 13.9. The molecule has 8 nitrogen and oxygen atoms in total. The largest absolute Gasteiger partial charge is 0.472 e. The number of rotatable bonds is 54. The zero-order valence-electron chi connectivity index (χ0n) is 45.0. The minimum absolute atomic E-state index is 0.0652. The predicted molar refractivity (Wildman–Crippen MR) is 286 cm³/mol. The number of carbonyl (C=O) groups is 1. The topological polar surface area (TPSA) is 105 Å². The molecule has 9 heteroatoms. The third-order valence-corrected chi connectivity index (χ3v) is 14.5. The number of allylic oxidation sites excluding steroid dienone is 1. The minimum atomic E-state index is -4.34. The van der Waals surface area contributed by atoms with Gasteiger partial charge in [-0.2, -0.15) is 0 Å². The highest BCUT2D eigenvalue weighted by Gasteiger charge is 2.27. The quantitative estimate of drug-likeness (QED) is 0.0243. The third kappa shape index (κ3) is 51.1. The number of nitrogens with zero attached hydrogens (tertiary/aromatic N) is 1. The molecule has 0 aromatic carbocycles. The number of likely N-dealkylation sites (N-methyl/N-ethyl adjacent to an activating group) is 1. The molecule has 0 saturated heterocycles. The smallest absolute Gasteiger partial charge is 0.387 e. The van der Waals surface area contributed by atoms with Gasteiger partial charge in [0, 0.05) is 6.42 Å². The molecular formula is C57H116N2O6P+. The van der Waals surface area contributed by atoms with Gasteiger partial charge in [0.05, 0.1) is 39.9 Å². The van der Waals surface area contributed by atoms with Crippen molar-refractivity contribution in [1.82, 2.24) is 5.32 Å². The van der Waals surface area contributed by atoms with Gasteiger partial charge in [-0.05, 0) is 19.3 Å². The van der Waals surface area contributed by atoms with E-state index in [0.717, 1.165) is 32.1 Å². The highest BCUT2D eigenvalue weighted by molar-refractivity contribution is 7.47. The number of unbranched alkanes of at least 4 members (excludes halogenated alkanes) is 41. The third-order valence-electron chi connectivity index (χ3n) is 13.5. The van der Waals surface area contributed by atoms with Gasteiger partial charge in [-0.1, -0.05) is 283 Å². The Morgan fingerprint density at radius 3 is 1.12 bits per heavy atom. The Labute approximate surface area is 412 Å². The fraction of sp³-hybridized carbons (Fsp3) is 0.947. The number of nitrogens with one attached hydrogen (secondary N) is 1. The van der Waals surface area contributed by atoms with Gasteiger partial charge in [0.1, 0.15) is 13.2 Å². The molecule has 0 aliphatic heterocycles. The van der Waals surface area contributed by atoms with Crippen LogP contribution < -0.4 is 5.32 Å². The summed E-state index contributed by atoms with van der Waals surface area (Å²) in [4.78, 5) is 23.3. The maximum absolute atomic E-state index is 13.0. The van der Waals surface area contributed by atoms with Crippen molar-refractivity contribution in [2.24, 2.45) is 0 Å². The van der Waals surface area contributed by atoms with Crippen LogP contribution in [0.2, 0.25) is 0 Å². The maximum Gasteiger partial charge on any atom is 0.472 e. The number of aliphatic hydroxyl groups is 1. The molecule has 0 aliphatic carbocycles. The Kier molecular flexibility index (Phi) is 48.7. The van der Waals surface area contributed by atoms with E-state index < -0.39 is 20.0 Å². The lowest BCUT2D eigenvalue weighted by molar-refractivity contribution is -0.870. The molecule has 3 unspecified atom stereocenters. The number of phosphoric ester groups is 1. The van der Waals surface area contributed by atoms with Gasteiger partial charge in [-0.25, -0.2) is 4.57 Å². The molecule has 3 N–H and O–H groups in total. The van der Waals surface area contributed by atoms with E-state index in [1.807, 2.05) is 27.2 Å². The second kappa shape index (κ2) is 49.2. The van der Waals surface area contributed by atoms with E-state index in [4.69, 9.17) is 9.05 Å². The molecule has 0 saturated carbocycles. The molecule has 0 aromatic rings. The minimum Gasteiger partial charge on any atom is -0.387 e.